The number of benzene rings is 1. The number of hydrogen-bond donors (Lipinski definition) is 1. The number of aryl methyl sites for hydroxylation is 1. The monoisotopic (exact) mass is 231 g/mol. The number of rotatable bonds is 4. The Morgan fingerprint density at radius 3 is 2.25 bits per heavy atom. The van der Waals surface area contributed by atoms with Crippen LogP contribution in [0.25, 0.3) is 0 Å². The van der Waals surface area contributed by atoms with Crippen LogP contribution in [0.4, 0.5) is 13.2 Å². The predicted molar refractivity (Wildman–Crippen MR) is 58.3 cm³/mol. The Kier molecular flexibility index (Phi) is 4.35. The first kappa shape index (κ1) is 13.0. The van der Waals surface area contributed by atoms with Crippen molar-refractivity contribution in [2.75, 3.05) is 6.54 Å². The summed E-state index contributed by atoms with van der Waals surface area (Å²) in [5.74, 6) is 0. The van der Waals surface area contributed by atoms with Gasteiger partial charge in [0.1, 0.15) is 0 Å². The molecule has 0 saturated heterocycles. The van der Waals surface area contributed by atoms with Crippen LogP contribution in [0.1, 0.15) is 30.5 Å². The number of halogens is 3. The average Bonchev–Trinajstić information content (AvgIpc) is 2.16. The molecular weight excluding hydrogens is 215 g/mol. The molecular formula is C12H16F3N. The summed E-state index contributed by atoms with van der Waals surface area (Å²) in [4.78, 5) is 0. The van der Waals surface area contributed by atoms with E-state index >= 15 is 0 Å². The third-order valence-corrected chi connectivity index (χ3v) is 2.44. The summed E-state index contributed by atoms with van der Waals surface area (Å²) in [6, 6.07) is 7.72. The van der Waals surface area contributed by atoms with E-state index < -0.39 is 12.6 Å². The molecule has 1 nitrogen and oxygen atoms in total. The quantitative estimate of drug-likeness (QED) is 0.834. The van der Waals surface area contributed by atoms with Gasteiger partial charge in [-0.1, -0.05) is 29.8 Å². The van der Waals surface area contributed by atoms with Crippen molar-refractivity contribution in [2.45, 2.75) is 32.5 Å². The lowest BCUT2D eigenvalue weighted by molar-refractivity contribution is -0.133. The first-order valence-electron chi connectivity index (χ1n) is 5.25. The molecule has 0 heterocycles. The molecule has 0 aliphatic rings. The Hall–Kier alpha value is -1.03. The van der Waals surface area contributed by atoms with Gasteiger partial charge in [0.05, 0.1) is 6.42 Å². The van der Waals surface area contributed by atoms with Crippen LogP contribution in [0.5, 0.6) is 0 Å². The maximum absolute atomic E-state index is 11.9. The van der Waals surface area contributed by atoms with Crippen LogP contribution in [0, 0.1) is 6.92 Å². The highest BCUT2D eigenvalue weighted by Gasteiger charge is 2.26. The lowest BCUT2D eigenvalue weighted by atomic mass is 10.1. The zero-order chi connectivity index (χ0) is 12.2. The first-order valence-corrected chi connectivity index (χ1v) is 5.25. The van der Waals surface area contributed by atoms with Crippen LogP contribution in [-0.2, 0) is 0 Å². The summed E-state index contributed by atoms with van der Waals surface area (Å²) in [5, 5.41) is 2.85. The fraction of sp³-hybridized carbons (Fsp3) is 0.500. The minimum Gasteiger partial charge on any atom is -0.310 e. The SMILES string of the molecule is Cc1ccc([C@@H](C)NCCC(F)(F)F)cc1. The largest absolute Gasteiger partial charge is 0.390 e. The van der Waals surface area contributed by atoms with E-state index in [2.05, 4.69) is 5.32 Å². The molecule has 0 spiro atoms. The molecule has 0 aromatic heterocycles. The lowest BCUT2D eigenvalue weighted by Crippen LogP contribution is -2.24. The van der Waals surface area contributed by atoms with E-state index in [1.165, 1.54) is 0 Å². The summed E-state index contributed by atoms with van der Waals surface area (Å²) in [7, 11) is 0. The van der Waals surface area contributed by atoms with Gasteiger partial charge in [0.15, 0.2) is 0 Å². The second kappa shape index (κ2) is 5.34. The lowest BCUT2D eigenvalue weighted by Gasteiger charge is -2.15. The molecule has 0 bridgehead atoms. The molecule has 1 rings (SSSR count). The number of nitrogens with one attached hydrogen (secondary N) is 1. The summed E-state index contributed by atoms with van der Waals surface area (Å²) in [6.07, 6.45) is -4.87. The van der Waals surface area contributed by atoms with Crippen molar-refractivity contribution in [3.63, 3.8) is 0 Å². The normalized spacial score (nSPS) is 13.8. The molecule has 0 amide bonds. The fourth-order valence-electron chi connectivity index (χ4n) is 1.40. The molecule has 1 aromatic carbocycles. The van der Waals surface area contributed by atoms with Gasteiger partial charge in [-0.15, -0.1) is 0 Å². The number of hydrogen-bond acceptors (Lipinski definition) is 1. The fourth-order valence-corrected chi connectivity index (χ4v) is 1.40. The predicted octanol–water partition coefficient (Wildman–Crippen LogP) is 3.60. The van der Waals surface area contributed by atoms with Gasteiger partial charge < -0.3 is 5.32 Å². The van der Waals surface area contributed by atoms with Crippen LogP contribution in [0.3, 0.4) is 0 Å². The van der Waals surface area contributed by atoms with E-state index in [0.29, 0.717) is 0 Å². The highest BCUT2D eigenvalue weighted by molar-refractivity contribution is 5.23. The summed E-state index contributed by atoms with van der Waals surface area (Å²) < 4.78 is 35.8. The molecule has 1 N–H and O–H groups in total. The standard InChI is InChI=1S/C12H16F3N/c1-9-3-5-11(6-4-9)10(2)16-8-7-12(13,14)15/h3-6,10,16H,7-8H2,1-2H3/t10-/m1/s1. The van der Waals surface area contributed by atoms with E-state index in [-0.39, 0.29) is 12.6 Å². The van der Waals surface area contributed by atoms with Crippen LogP contribution >= 0.6 is 0 Å². The third-order valence-electron chi connectivity index (χ3n) is 2.44. The van der Waals surface area contributed by atoms with Crippen molar-refractivity contribution < 1.29 is 13.2 Å². The van der Waals surface area contributed by atoms with Crippen molar-refractivity contribution >= 4 is 0 Å². The van der Waals surface area contributed by atoms with Crippen LogP contribution in [0.2, 0.25) is 0 Å². The zero-order valence-corrected chi connectivity index (χ0v) is 9.43. The van der Waals surface area contributed by atoms with Crippen LogP contribution < -0.4 is 5.32 Å². The van der Waals surface area contributed by atoms with Gasteiger partial charge in [-0.05, 0) is 19.4 Å². The van der Waals surface area contributed by atoms with Crippen molar-refractivity contribution in [3.05, 3.63) is 35.4 Å². The minimum absolute atomic E-state index is 0.0431. The van der Waals surface area contributed by atoms with E-state index in [0.717, 1.165) is 11.1 Å². The summed E-state index contributed by atoms with van der Waals surface area (Å²) >= 11 is 0. The van der Waals surface area contributed by atoms with Gasteiger partial charge in [0.25, 0.3) is 0 Å². The van der Waals surface area contributed by atoms with Crippen LogP contribution in [-0.4, -0.2) is 12.7 Å². The van der Waals surface area contributed by atoms with Crippen molar-refractivity contribution in [3.8, 4) is 0 Å². The smallest absolute Gasteiger partial charge is 0.310 e. The van der Waals surface area contributed by atoms with Gasteiger partial charge in [0.2, 0.25) is 0 Å². The Morgan fingerprint density at radius 2 is 1.75 bits per heavy atom. The molecule has 1 aromatic rings. The Labute approximate surface area is 93.7 Å². The number of alkyl halides is 3. The second-order valence-electron chi connectivity index (χ2n) is 3.95. The topological polar surface area (TPSA) is 12.0 Å². The summed E-state index contributed by atoms with van der Waals surface area (Å²) in [5.41, 5.74) is 2.15. The zero-order valence-electron chi connectivity index (χ0n) is 9.43. The van der Waals surface area contributed by atoms with Gasteiger partial charge in [0, 0.05) is 12.6 Å². The van der Waals surface area contributed by atoms with Gasteiger partial charge in [-0.25, -0.2) is 0 Å². The van der Waals surface area contributed by atoms with Crippen molar-refractivity contribution in [1.82, 2.24) is 5.32 Å². The molecule has 0 aliphatic carbocycles. The van der Waals surface area contributed by atoms with E-state index in [1.807, 2.05) is 38.1 Å². The maximum atomic E-state index is 11.9. The van der Waals surface area contributed by atoms with E-state index in [4.69, 9.17) is 0 Å². The van der Waals surface area contributed by atoms with E-state index in [1.54, 1.807) is 0 Å². The summed E-state index contributed by atoms with van der Waals surface area (Å²) in [6.45, 7) is 3.80. The Bertz CT molecular complexity index is 316. The van der Waals surface area contributed by atoms with Crippen LogP contribution in [0.15, 0.2) is 24.3 Å². The molecule has 0 saturated carbocycles. The Balaban J connectivity index is 2.41. The first-order chi connectivity index (χ1) is 7.38. The molecule has 1 atom stereocenters. The molecule has 0 aliphatic heterocycles. The molecule has 4 heteroatoms. The molecule has 0 radical (unpaired) electrons. The molecule has 16 heavy (non-hydrogen) atoms. The van der Waals surface area contributed by atoms with Crippen molar-refractivity contribution in [1.29, 1.82) is 0 Å². The van der Waals surface area contributed by atoms with Gasteiger partial charge in [-0.3, -0.25) is 0 Å². The van der Waals surface area contributed by atoms with Gasteiger partial charge >= 0.3 is 6.18 Å². The Morgan fingerprint density at radius 1 is 1.19 bits per heavy atom. The third kappa shape index (κ3) is 4.66. The minimum atomic E-state index is -4.08. The molecule has 0 unspecified atom stereocenters. The average molecular weight is 231 g/mol. The highest BCUT2D eigenvalue weighted by Crippen LogP contribution is 2.19. The maximum Gasteiger partial charge on any atom is 0.390 e. The van der Waals surface area contributed by atoms with E-state index in [9.17, 15) is 13.2 Å². The highest BCUT2D eigenvalue weighted by atomic mass is 19.4. The second-order valence-corrected chi connectivity index (χ2v) is 3.95. The molecule has 0 fully saturated rings. The van der Waals surface area contributed by atoms with Gasteiger partial charge in [-0.2, -0.15) is 13.2 Å². The molecule has 90 valence electrons. The van der Waals surface area contributed by atoms with Crippen molar-refractivity contribution in [2.24, 2.45) is 0 Å².